The van der Waals surface area contributed by atoms with Crippen molar-refractivity contribution >= 4 is 5.69 Å². The lowest BCUT2D eigenvalue weighted by Crippen LogP contribution is -2.01. The summed E-state index contributed by atoms with van der Waals surface area (Å²) in [5.74, 6) is 0. The second-order valence-corrected chi connectivity index (χ2v) is 3.54. The van der Waals surface area contributed by atoms with Crippen LogP contribution >= 0.6 is 0 Å². The molecule has 0 heterocycles. The van der Waals surface area contributed by atoms with Gasteiger partial charge < -0.3 is 5.73 Å². The highest BCUT2D eigenvalue weighted by Crippen LogP contribution is 2.23. The Balaban J connectivity index is 3.15. The van der Waals surface area contributed by atoms with Crippen LogP contribution in [0.2, 0.25) is 0 Å². The maximum Gasteiger partial charge on any atom is 0.0379 e. The van der Waals surface area contributed by atoms with Gasteiger partial charge in [-0.25, -0.2) is 0 Å². The highest BCUT2D eigenvalue weighted by molar-refractivity contribution is 5.56. The van der Waals surface area contributed by atoms with E-state index in [1.54, 1.807) is 0 Å². The molecule has 1 heteroatoms. The molecule has 0 saturated heterocycles. The Kier molecular flexibility index (Phi) is 3.35. The molecule has 0 bridgehead atoms. The van der Waals surface area contributed by atoms with Gasteiger partial charge in [0, 0.05) is 5.69 Å². The standard InChI is InChI=1S/C12H19N/c1-4-6-11-10(5-2)8-7-9(3)12(11)13/h7-8H,4-6,13H2,1-3H3. The second-order valence-electron chi connectivity index (χ2n) is 3.54. The van der Waals surface area contributed by atoms with Gasteiger partial charge >= 0.3 is 0 Å². The van der Waals surface area contributed by atoms with Crippen molar-refractivity contribution in [1.29, 1.82) is 0 Å². The molecule has 0 aliphatic carbocycles. The van der Waals surface area contributed by atoms with Crippen molar-refractivity contribution in [2.24, 2.45) is 0 Å². The van der Waals surface area contributed by atoms with Crippen LogP contribution in [0.5, 0.6) is 0 Å². The summed E-state index contributed by atoms with van der Waals surface area (Å²) in [4.78, 5) is 0. The highest BCUT2D eigenvalue weighted by Gasteiger charge is 2.05. The van der Waals surface area contributed by atoms with Gasteiger partial charge in [0.05, 0.1) is 0 Å². The third-order valence-corrected chi connectivity index (χ3v) is 2.55. The SMILES string of the molecule is CCCc1c(CC)ccc(C)c1N. The zero-order valence-corrected chi connectivity index (χ0v) is 8.85. The quantitative estimate of drug-likeness (QED) is 0.705. The molecule has 0 aromatic heterocycles. The Morgan fingerprint density at radius 1 is 1.23 bits per heavy atom. The van der Waals surface area contributed by atoms with Gasteiger partial charge in [0.25, 0.3) is 0 Å². The van der Waals surface area contributed by atoms with Crippen molar-refractivity contribution in [3.8, 4) is 0 Å². The van der Waals surface area contributed by atoms with E-state index in [9.17, 15) is 0 Å². The molecule has 0 aliphatic heterocycles. The van der Waals surface area contributed by atoms with Crippen molar-refractivity contribution in [2.75, 3.05) is 5.73 Å². The number of hydrogen-bond acceptors (Lipinski definition) is 1. The van der Waals surface area contributed by atoms with Crippen LogP contribution in [0.1, 0.15) is 37.0 Å². The molecule has 0 amide bonds. The molecule has 1 aromatic rings. The van der Waals surface area contributed by atoms with E-state index in [1.165, 1.54) is 23.1 Å². The van der Waals surface area contributed by atoms with Gasteiger partial charge in [-0.1, -0.05) is 32.4 Å². The van der Waals surface area contributed by atoms with Crippen LogP contribution in [0.15, 0.2) is 12.1 Å². The van der Waals surface area contributed by atoms with E-state index in [0.29, 0.717) is 0 Å². The molecule has 72 valence electrons. The van der Waals surface area contributed by atoms with E-state index in [1.807, 2.05) is 0 Å². The molecule has 0 atom stereocenters. The fourth-order valence-corrected chi connectivity index (χ4v) is 1.70. The van der Waals surface area contributed by atoms with E-state index in [-0.39, 0.29) is 0 Å². The monoisotopic (exact) mass is 177 g/mol. The molecular weight excluding hydrogens is 158 g/mol. The van der Waals surface area contributed by atoms with Crippen LogP contribution in [0.25, 0.3) is 0 Å². The van der Waals surface area contributed by atoms with E-state index in [2.05, 4.69) is 32.9 Å². The van der Waals surface area contributed by atoms with E-state index < -0.39 is 0 Å². The van der Waals surface area contributed by atoms with E-state index in [4.69, 9.17) is 5.73 Å². The fourth-order valence-electron chi connectivity index (χ4n) is 1.70. The lowest BCUT2D eigenvalue weighted by Gasteiger charge is -2.12. The van der Waals surface area contributed by atoms with Crippen LogP contribution in [0.4, 0.5) is 5.69 Å². The number of rotatable bonds is 3. The predicted octanol–water partition coefficient (Wildman–Crippen LogP) is 3.09. The molecule has 1 rings (SSSR count). The summed E-state index contributed by atoms with van der Waals surface area (Å²) in [7, 11) is 0. The first-order valence-electron chi connectivity index (χ1n) is 5.07. The van der Waals surface area contributed by atoms with Gasteiger partial charge in [-0.05, 0) is 36.5 Å². The molecule has 0 saturated carbocycles. The van der Waals surface area contributed by atoms with Crippen molar-refractivity contribution < 1.29 is 0 Å². The average molecular weight is 177 g/mol. The molecule has 0 aliphatic rings. The smallest absolute Gasteiger partial charge is 0.0379 e. The predicted molar refractivity (Wildman–Crippen MR) is 59.0 cm³/mol. The van der Waals surface area contributed by atoms with Crippen LogP contribution in [-0.2, 0) is 12.8 Å². The molecule has 2 N–H and O–H groups in total. The maximum atomic E-state index is 6.05. The van der Waals surface area contributed by atoms with Gasteiger partial charge in [0.1, 0.15) is 0 Å². The lowest BCUT2D eigenvalue weighted by atomic mass is 9.96. The van der Waals surface area contributed by atoms with Gasteiger partial charge in [-0.2, -0.15) is 0 Å². The number of benzene rings is 1. The van der Waals surface area contributed by atoms with Crippen LogP contribution in [0, 0.1) is 6.92 Å². The summed E-state index contributed by atoms with van der Waals surface area (Å²) in [6.07, 6.45) is 3.36. The Hall–Kier alpha value is -0.980. The molecule has 0 radical (unpaired) electrons. The maximum absolute atomic E-state index is 6.05. The van der Waals surface area contributed by atoms with Gasteiger partial charge in [0.15, 0.2) is 0 Å². The third-order valence-electron chi connectivity index (χ3n) is 2.55. The number of anilines is 1. The topological polar surface area (TPSA) is 26.0 Å². The first-order valence-corrected chi connectivity index (χ1v) is 5.07. The number of nitrogens with two attached hydrogens (primary N) is 1. The summed E-state index contributed by atoms with van der Waals surface area (Å²) < 4.78 is 0. The molecule has 0 spiro atoms. The van der Waals surface area contributed by atoms with Gasteiger partial charge in [-0.15, -0.1) is 0 Å². The second kappa shape index (κ2) is 4.31. The summed E-state index contributed by atoms with van der Waals surface area (Å²) in [6.45, 7) is 6.46. The summed E-state index contributed by atoms with van der Waals surface area (Å²) in [5, 5.41) is 0. The van der Waals surface area contributed by atoms with Crippen molar-refractivity contribution in [3.63, 3.8) is 0 Å². The summed E-state index contributed by atoms with van der Waals surface area (Å²) in [6, 6.07) is 4.32. The number of nitrogen functional groups attached to an aromatic ring is 1. The van der Waals surface area contributed by atoms with Crippen LogP contribution in [-0.4, -0.2) is 0 Å². The highest BCUT2D eigenvalue weighted by atomic mass is 14.6. The normalized spacial score (nSPS) is 10.4. The van der Waals surface area contributed by atoms with Crippen molar-refractivity contribution in [2.45, 2.75) is 40.0 Å². The van der Waals surface area contributed by atoms with Gasteiger partial charge in [0.2, 0.25) is 0 Å². The summed E-state index contributed by atoms with van der Waals surface area (Å²) in [5.41, 5.74) is 11.0. The minimum Gasteiger partial charge on any atom is -0.398 e. The largest absolute Gasteiger partial charge is 0.398 e. The van der Waals surface area contributed by atoms with E-state index in [0.717, 1.165) is 18.5 Å². The van der Waals surface area contributed by atoms with Gasteiger partial charge in [-0.3, -0.25) is 0 Å². The molecule has 1 nitrogen and oxygen atoms in total. The Morgan fingerprint density at radius 2 is 1.92 bits per heavy atom. The number of hydrogen-bond donors (Lipinski definition) is 1. The minimum atomic E-state index is 1.00. The molecule has 0 unspecified atom stereocenters. The molecule has 1 aromatic carbocycles. The van der Waals surface area contributed by atoms with E-state index >= 15 is 0 Å². The van der Waals surface area contributed by atoms with Crippen molar-refractivity contribution in [3.05, 3.63) is 28.8 Å². The Morgan fingerprint density at radius 3 is 2.46 bits per heavy atom. The molecule has 13 heavy (non-hydrogen) atoms. The first-order chi connectivity index (χ1) is 6.20. The zero-order chi connectivity index (χ0) is 9.84. The lowest BCUT2D eigenvalue weighted by molar-refractivity contribution is 0.900. The van der Waals surface area contributed by atoms with Crippen LogP contribution < -0.4 is 5.73 Å². The Labute approximate surface area is 81.0 Å². The Bertz CT molecular complexity index is 289. The first kappa shape index (κ1) is 10.1. The number of aryl methyl sites for hydroxylation is 2. The average Bonchev–Trinajstić information content (AvgIpc) is 2.14. The zero-order valence-electron chi connectivity index (χ0n) is 8.85. The molecular formula is C12H19N. The summed E-state index contributed by atoms with van der Waals surface area (Å²) >= 11 is 0. The minimum absolute atomic E-state index is 1.00. The third kappa shape index (κ3) is 2.03. The fraction of sp³-hybridized carbons (Fsp3) is 0.500. The van der Waals surface area contributed by atoms with Crippen molar-refractivity contribution in [1.82, 2.24) is 0 Å². The molecule has 0 fully saturated rings. The van der Waals surface area contributed by atoms with Crippen LogP contribution in [0.3, 0.4) is 0 Å².